The number of hydrogen-bond donors (Lipinski definition) is 1. The van der Waals surface area contributed by atoms with Crippen LogP contribution in [0.1, 0.15) is 11.1 Å². The average Bonchev–Trinajstić information content (AvgIpc) is 2.48. The quantitative estimate of drug-likeness (QED) is 0.880. The maximum Gasteiger partial charge on any atom is 0.127 e. The van der Waals surface area contributed by atoms with Gasteiger partial charge in [-0.1, -0.05) is 6.07 Å². The molecule has 1 N–H and O–H groups in total. The van der Waals surface area contributed by atoms with Crippen LogP contribution in [0.25, 0.3) is 0 Å². The van der Waals surface area contributed by atoms with Gasteiger partial charge in [0.05, 0.1) is 0 Å². The average molecular weight is 275 g/mol. The van der Waals surface area contributed by atoms with Gasteiger partial charge in [-0.3, -0.25) is 0 Å². The zero-order valence-corrected chi connectivity index (χ0v) is 12.8. The lowest BCUT2D eigenvalue weighted by molar-refractivity contribution is 0.243. The minimum atomic E-state index is 0.426. The summed E-state index contributed by atoms with van der Waals surface area (Å²) in [5, 5.41) is 3.35. The molecule has 4 heteroatoms. The molecule has 3 rings (SSSR count). The van der Waals surface area contributed by atoms with Crippen molar-refractivity contribution < 1.29 is 4.74 Å². The summed E-state index contributed by atoms with van der Waals surface area (Å²) in [5.41, 5.74) is 4.02. The lowest BCUT2D eigenvalue weighted by atomic mass is 9.97. The maximum atomic E-state index is 6.01. The lowest BCUT2D eigenvalue weighted by Gasteiger charge is -2.37. The molecule has 0 saturated carbocycles. The van der Waals surface area contributed by atoms with Gasteiger partial charge in [-0.15, -0.1) is 0 Å². The Hall–Kier alpha value is -1.26. The van der Waals surface area contributed by atoms with E-state index in [9.17, 15) is 0 Å². The predicted molar refractivity (Wildman–Crippen MR) is 82.9 cm³/mol. The van der Waals surface area contributed by atoms with Crippen molar-refractivity contribution in [3.63, 3.8) is 0 Å². The Kier molecular flexibility index (Phi) is 3.85. The van der Waals surface area contributed by atoms with Crippen molar-refractivity contribution in [3.05, 3.63) is 23.3 Å². The van der Waals surface area contributed by atoms with E-state index in [1.54, 1.807) is 0 Å². The van der Waals surface area contributed by atoms with Crippen LogP contribution in [0.5, 0.6) is 5.75 Å². The van der Waals surface area contributed by atoms with Crippen molar-refractivity contribution >= 4 is 5.69 Å². The third kappa shape index (κ3) is 2.50. The van der Waals surface area contributed by atoms with E-state index >= 15 is 0 Å². The Morgan fingerprint density at radius 1 is 1.20 bits per heavy atom. The molecule has 2 aliphatic heterocycles. The van der Waals surface area contributed by atoms with Crippen molar-refractivity contribution in [3.8, 4) is 5.75 Å². The number of piperazine rings is 1. The summed E-state index contributed by atoms with van der Waals surface area (Å²) in [5.74, 6) is 1.12. The van der Waals surface area contributed by atoms with Gasteiger partial charge in [0.15, 0.2) is 0 Å². The molecule has 0 bridgehead atoms. The minimum absolute atomic E-state index is 0.426. The third-order valence-electron chi connectivity index (χ3n) is 4.56. The first-order valence-electron chi connectivity index (χ1n) is 7.55. The molecule has 1 aromatic rings. The summed E-state index contributed by atoms with van der Waals surface area (Å²) in [4.78, 5) is 4.91. The Morgan fingerprint density at radius 2 is 1.95 bits per heavy atom. The Balaban J connectivity index is 1.91. The standard InChI is InChI=1S/C16H25N3O/c1-12-4-5-15(19-8-6-18(3)7-9-19)14-10-13(17-2)11-20-16(12)14/h4-5,13,17H,6-11H2,1-3H3. The molecule has 2 aliphatic rings. The summed E-state index contributed by atoms with van der Waals surface area (Å²) in [7, 11) is 4.21. The van der Waals surface area contributed by atoms with Gasteiger partial charge in [-0.25, -0.2) is 0 Å². The second-order valence-corrected chi connectivity index (χ2v) is 6.00. The summed E-state index contributed by atoms with van der Waals surface area (Å²) in [6.45, 7) is 7.41. The molecule has 20 heavy (non-hydrogen) atoms. The number of likely N-dealkylation sites (N-methyl/N-ethyl adjacent to an activating group) is 2. The first-order valence-corrected chi connectivity index (χ1v) is 7.55. The highest BCUT2D eigenvalue weighted by Gasteiger charge is 2.26. The first kappa shape index (κ1) is 13.7. The first-order chi connectivity index (χ1) is 9.69. The van der Waals surface area contributed by atoms with Crippen LogP contribution in [-0.4, -0.2) is 57.8 Å². The van der Waals surface area contributed by atoms with Crippen LogP contribution in [0.15, 0.2) is 12.1 Å². The fourth-order valence-electron chi connectivity index (χ4n) is 3.15. The van der Waals surface area contributed by atoms with Gasteiger partial charge in [0, 0.05) is 43.5 Å². The molecule has 0 aromatic heterocycles. The number of ether oxygens (including phenoxy) is 1. The van der Waals surface area contributed by atoms with Gasteiger partial charge in [0.1, 0.15) is 12.4 Å². The molecule has 110 valence electrons. The predicted octanol–water partition coefficient (Wildman–Crippen LogP) is 1.27. The fraction of sp³-hybridized carbons (Fsp3) is 0.625. The molecule has 0 aliphatic carbocycles. The number of anilines is 1. The van der Waals surface area contributed by atoms with Crippen LogP contribution in [0.2, 0.25) is 0 Å². The Bertz CT molecular complexity index is 481. The van der Waals surface area contributed by atoms with Gasteiger partial charge >= 0.3 is 0 Å². The summed E-state index contributed by atoms with van der Waals surface area (Å²) < 4.78 is 6.01. The van der Waals surface area contributed by atoms with Crippen LogP contribution in [0, 0.1) is 6.92 Å². The lowest BCUT2D eigenvalue weighted by Crippen LogP contribution is -2.45. The monoisotopic (exact) mass is 275 g/mol. The molecule has 1 aromatic carbocycles. The second kappa shape index (κ2) is 5.62. The van der Waals surface area contributed by atoms with Crippen molar-refractivity contribution in [1.82, 2.24) is 10.2 Å². The van der Waals surface area contributed by atoms with E-state index in [4.69, 9.17) is 4.74 Å². The van der Waals surface area contributed by atoms with E-state index in [0.29, 0.717) is 6.04 Å². The highest BCUT2D eigenvalue weighted by Crippen LogP contribution is 2.36. The summed E-state index contributed by atoms with van der Waals surface area (Å²) >= 11 is 0. The van der Waals surface area contributed by atoms with Crippen molar-refractivity contribution in [1.29, 1.82) is 0 Å². The Labute approximate surface area is 121 Å². The molecule has 1 atom stereocenters. The minimum Gasteiger partial charge on any atom is -0.491 e. The highest BCUT2D eigenvalue weighted by molar-refractivity contribution is 5.63. The molecule has 4 nitrogen and oxygen atoms in total. The van der Waals surface area contributed by atoms with Gasteiger partial charge in [-0.05, 0) is 39.1 Å². The number of nitrogens with zero attached hydrogens (tertiary/aromatic N) is 2. The number of fused-ring (bicyclic) bond motifs is 1. The van der Waals surface area contributed by atoms with E-state index in [1.165, 1.54) is 16.8 Å². The molecule has 1 saturated heterocycles. The molecule has 0 spiro atoms. The normalized spacial score (nSPS) is 23.4. The van der Waals surface area contributed by atoms with Gasteiger partial charge < -0.3 is 19.9 Å². The number of rotatable bonds is 2. The Morgan fingerprint density at radius 3 is 2.65 bits per heavy atom. The van der Waals surface area contributed by atoms with Crippen molar-refractivity contribution in [2.24, 2.45) is 0 Å². The number of hydrogen-bond acceptors (Lipinski definition) is 4. The zero-order valence-electron chi connectivity index (χ0n) is 12.8. The van der Waals surface area contributed by atoms with E-state index in [0.717, 1.165) is 45.0 Å². The number of aryl methyl sites for hydroxylation is 1. The molecular formula is C16H25N3O. The van der Waals surface area contributed by atoms with Crippen LogP contribution in [0.3, 0.4) is 0 Å². The third-order valence-corrected chi connectivity index (χ3v) is 4.56. The number of nitrogens with one attached hydrogen (secondary N) is 1. The molecule has 2 heterocycles. The van der Waals surface area contributed by atoms with Gasteiger partial charge in [0.2, 0.25) is 0 Å². The zero-order chi connectivity index (χ0) is 14.1. The smallest absolute Gasteiger partial charge is 0.127 e. The topological polar surface area (TPSA) is 27.7 Å². The summed E-state index contributed by atoms with van der Waals surface area (Å²) in [6.07, 6.45) is 1.06. The van der Waals surface area contributed by atoms with E-state index in [1.807, 2.05) is 7.05 Å². The number of benzene rings is 1. The molecule has 1 fully saturated rings. The second-order valence-electron chi connectivity index (χ2n) is 6.00. The van der Waals surface area contributed by atoms with E-state index in [-0.39, 0.29) is 0 Å². The fourth-order valence-corrected chi connectivity index (χ4v) is 3.15. The van der Waals surface area contributed by atoms with Crippen LogP contribution in [0.4, 0.5) is 5.69 Å². The van der Waals surface area contributed by atoms with Gasteiger partial charge in [0.25, 0.3) is 0 Å². The van der Waals surface area contributed by atoms with E-state index < -0.39 is 0 Å². The highest BCUT2D eigenvalue weighted by atomic mass is 16.5. The van der Waals surface area contributed by atoms with Crippen LogP contribution in [-0.2, 0) is 6.42 Å². The van der Waals surface area contributed by atoms with Crippen molar-refractivity contribution in [2.45, 2.75) is 19.4 Å². The van der Waals surface area contributed by atoms with Crippen LogP contribution >= 0.6 is 0 Å². The maximum absolute atomic E-state index is 6.01. The molecule has 1 unspecified atom stereocenters. The molecule has 0 radical (unpaired) electrons. The molecular weight excluding hydrogens is 250 g/mol. The molecule has 0 amide bonds. The van der Waals surface area contributed by atoms with E-state index in [2.05, 4.69) is 41.2 Å². The van der Waals surface area contributed by atoms with Crippen molar-refractivity contribution in [2.75, 3.05) is 51.8 Å². The largest absolute Gasteiger partial charge is 0.491 e. The summed E-state index contributed by atoms with van der Waals surface area (Å²) in [6, 6.07) is 4.91. The SMILES string of the molecule is CNC1COc2c(C)ccc(N3CCN(C)CC3)c2C1. The van der Waals surface area contributed by atoms with Crippen LogP contribution < -0.4 is 15.0 Å². The van der Waals surface area contributed by atoms with Gasteiger partial charge in [-0.2, -0.15) is 0 Å².